The zero-order valence-electron chi connectivity index (χ0n) is 10.5. The fraction of sp³-hybridized carbons (Fsp3) is 0.0909. The third-order valence-corrected chi connectivity index (χ3v) is 4.60. The second-order valence-electron chi connectivity index (χ2n) is 4.36. The van der Waals surface area contributed by atoms with Crippen molar-refractivity contribution in [1.29, 1.82) is 0 Å². The topological polar surface area (TPSA) is 69.3 Å². The van der Waals surface area contributed by atoms with Crippen LogP contribution in [-0.2, 0) is 10.0 Å². The summed E-state index contributed by atoms with van der Waals surface area (Å²) in [4.78, 5) is 4.22. The summed E-state index contributed by atoms with van der Waals surface area (Å²) in [6, 6.07) is 6.72. The summed E-state index contributed by atoms with van der Waals surface area (Å²) in [5.41, 5.74) is 1.72. The summed E-state index contributed by atoms with van der Waals surface area (Å²) in [7, 11) is -1.86. The molecule has 0 spiro atoms. The van der Waals surface area contributed by atoms with Crippen LogP contribution in [-0.4, -0.2) is 34.8 Å². The Balaban J connectivity index is 2.25. The van der Waals surface area contributed by atoms with Crippen molar-refractivity contribution >= 4 is 29.2 Å². The average molecular weight is 274 g/mol. The maximum Gasteiger partial charge on any atom is 0.270 e. The minimum absolute atomic E-state index is 0.235. The highest BCUT2D eigenvalue weighted by atomic mass is 32.2. The van der Waals surface area contributed by atoms with E-state index in [0.29, 0.717) is 5.59 Å². The van der Waals surface area contributed by atoms with Crippen molar-refractivity contribution in [2.45, 2.75) is 11.8 Å². The SMILES string of the molecule is Bc1cn(S(=O)(=O)c2ccc(C)cc2)c2ncnn12. The summed E-state index contributed by atoms with van der Waals surface area (Å²) < 4.78 is 27.7. The molecule has 1 aromatic carbocycles. The molecular formula is C11H11BN4O2S. The number of aryl methyl sites for hydroxylation is 1. The fourth-order valence-electron chi connectivity index (χ4n) is 1.92. The van der Waals surface area contributed by atoms with Crippen LogP contribution in [0.4, 0.5) is 0 Å². The smallest absolute Gasteiger partial charge is 0.211 e. The summed E-state index contributed by atoms with van der Waals surface area (Å²) in [5.74, 6) is 0.290. The Kier molecular flexibility index (Phi) is 2.49. The molecular weight excluding hydrogens is 263 g/mol. The molecule has 0 fully saturated rings. The zero-order valence-corrected chi connectivity index (χ0v) is 11.3. The van der Waals surface area contributed by atoms with Gasteiger partial charge in [0.1, 0.15) is 6.33 Å². The zero-order chi connectivity index (χ0) is 13.6. The molecule has 19 heavy (non-hydrogen) atoms. The fourth-order valence-corrected chi connectivity index (χ4v) is 3.26. The van der Waals surface area contributed by atoms with E-state index in [1.54, 1.807) is 32.1 Å². The van der Waals surface area contributed by atoms with E-state index in [0.717, 1.165) is 9.54 Å². The predicted molar refractivity (Wildman–Crippen MR) is 72.9 cm³/mol. The number of hydrogen-bond acceptors (Lipinski definition) is 4. The third-order valence-electron chi connectivity index (χ3n) is 2.94. The van der Waals surface area contributed by atoms with E-state index in [1.165, 1.54) is 17.0 Å². The number of rotatable bonds is 2. The molecule has 6 nitrogen and oxygen atoms in total. The molecule has 0 amide bonds. The van der Waals surface area contributed by atoms with Gasteiger partial charge in [-0.25, -0.2) is 16.9 Å². The lowest BCUT2D eigenvalue weighted by atomic mass is 10.1. The second-order valence-corrected chi connectivity index (χ2v) is 6.17. The van der Waals surface area contributed by atoms with Crippen LogP contribution in [0.15, 0.2) is 41.7 Å². The minimum Gasteiger partial charge on any atom is -0.211 e. The van der Waals surface area contributed by atoms with Gasteiger partial charge in [0.25, 0.3) is 10.0 Å². The van der Waals surface area contributed by atoms with E-state index in [4.69, 9.17) is 0 Å². The maximum atomic E-state index is 12.6. The van der Waals surface area contributed by atoms with Crippen molar-refractivity contribution in [2.24, 2.45) is 0 Å². The standard InChI is InChI=1S/C11H11BN4O2S/c1-8-2-4-9(5-3-8)19(17,18)15-6-10(12)16-11(15)13-7-14-16/h2-7H,12H2,1H3. The van der Waals surface area contributed by atoms with Crippen molar-refractivity contribution in [3.05, 3.63) is 42.4 Å². The summed E-state index contributed by atoms with van der Waals surface area (Å²) >= 11 is 0. The lowest BCUT2D eigenvalue weighted by molar-refractivity contribution is 0.588. The maximum absolute atomic E-state index is 12.6. The van der Waals surface area contributed by atoms with Gasteiger partial charge in [0.05, 0.1) is 4.90 Å². The van der Waals surface area contributed by atoms with E-state index in [-0.39, 0.29) is 10.7 Å². The molecule has 0 aliphatic heterocycles. The van der Waals surface area contributed by atoms with Gasteiger partial charge in [0.15, 0.2) is 7.85 Å². The van der Waals surface area contributed by atoms with Gasteiger partial charge in [-0.2, -0.15) is 10.1 Å². The monoisotopic (exact) mass is 274 g/mol. The molecule has 0 saturated heterocycles. The van der Waals surface area contributed by atoms with Crippen LogP contribution in [0.2, 0.25) is 0 Å². The number of fused-ring (bicyclic) bond motifs is 1. The van der Waals surface area contributed by atoms with Crippen LogP contribution < -0.4 is 5.59 Å². The predicted octanol–water partition coefficient (Wildman–Crippen LogP) is -0.665. The van der Waals surface area contributed by atoms with E-state index in [1.807, 2.05) is 6.92 Å². The van der Waals surface area contributed by atoms with Crippen molar-refractivity contribution in [3.63, 3.8) is 0 Å². The molecule has 8 heteroatoms. The van der Waals surface area contributed by atoms with E-state index in [9.17, 15) is 8.42 Å². The highest BCUT2D eigenvalue weighted by Crippen LogP contribution is 2.15. The quantitative estimate of drug-likeness (QED) is 0.581. The first-order valence-electron chi connectivity index (χ1n) is 5.70. The molecule has 3 aromatic rings. The van der Waals surface area contributed by atoms with E-state index < -0.39 is 10.0 Å². The van der Waals surface area contributed by atoms with Crippen LogP contribution in [0.25, 0.3) is 5.78 Å². The lowest BCUT2D eigenvalue weighted by Crippen LogP contribution is -2.13. The molecule has 2 aromatic heterocycles. The molecule has 2 heterocycles. The molecule has 3 rings (SSSR count). The van der Waals surface area contributed by atoms with Crippen LogP contribution in [0.1, 0.15) is 5.56 Å². The highest BCUT2D eigenvalue weighted by Gasteiger charge is 2.21. The molecule has 0 radical (unpaired) electrons. The van der Waals surface area contributed by atoms with Crippen LogP contribution in [0.3, 0.4) is 0 Å². The molecule has 0 bridgehead atoms. The second kappa shape index (κ2) is 3.96. The van der Waals surface area contributed by atoms with Gasteiger partial charge in [-0.15, -0.1) is 0 Å². The molecule has 0 saturated carbocycles. The Labute approximate surface area is 111 Å². The Hall–Kier alpha value is -2.09. The summed E-state index contributed by atoms with van der Waals surface area (Å²) in [6.45, 7) is 1.91. The van der Waals surface area contributed by atoms with Gasteiger partial charge in [0, 0.05) is 11.8 Å². The number of imidazole rings is 1. The first-order valence-corrected chi connectivity index (χ1v) is 7.14. The Bertz CT molecular complexity index is 849. The van der Waals surface area contributed by atoms with Gasteiger partial charge in [0.2, 0.25) is 5.78 Å². The number of nitrogens with zero attached hydrogens (tertiary/aromatic N) is 4. The largest absolute Gasteiger partial charge is 0.270 e. The first-order chi connectivity index (χ1) is 9.00. The van der Waals surface area contributed by atoms with Crippen LogP contribution in [0.5, 0.6) is 0 Å². The molecule has 0 aliphatic carbocycles. The summed E-state index contributed by atoms with van der Waals surface area (Å²) in [5, 5.41) is 3.98. The lowest BCUT2D eigenvalue weighted by Gasteiger charge is -2.05. The van der Waals surface area contributed by atoms with Crippen molar-refractivity contribution in [1.82, 2.24) is 18.6 Å². The van der Waals surface area contributed by atoms with Crippen molar-refractivity contribution < 1.29 is 8.42 Å². The molecule has 96 valence electrons. The van der Waals surface area contributed by atoms with E-state index in [2.05, 4.69) is 10.1 Å². The molecule has 0 N–H and O–H groups in total. The first kappa shape index (κ1) is 12.0. The molecule has 0 unspecified atom stereocenters. The number of aromatic nitrogens is 4. The van der Waals surface area contributed by atoms with Crippen LogP contribution in [0, 0.1) is 6.92 Å². The average Bonchev–Trinajstić information content (AvgIpc) is 2.94. The van der Waals surface area contributed by atoms with Crippen molar-refractivity contribution in [2.75, 3.05) is 0 Å². The Morgan fingerprint density at radius 3 is 2.58 bits per heavy atom. The number of hydrogen-bond donors (Lipinski definition) is 0. The van der Waals surface area contributed by atoms with Crippen molar-refractivity contribution in [3.8, 4) is 0 Å². The summed E-state index contributed by atoms with van der Waals surface area (Å²) in [6.07, 6.45) is 2.86. The Morgan fingerprint density at radius 1 is 1.21 bits per heavy atom. The Morgan fingerprint density at radius 2 is 1.89 bits per heavy atom. The van der Waals surface area contributed by atoms with Gasteiger partial charge in [-0.1, -0.05) is 17.7 Å². The van der Waals surface area contributed by atoms with Gasteiger partial charge in [-0.05, 0) is 19.1 Å². The minimum atomic E-state index is -3.64. The van der Waals surface area contributed by atoms with Gasteiger partial charge in [-0.3, -0.25) is 0 Å². The molecule has 0 atom stereocenters. The van der Waals surface area contributed by atoms with Gasteiger partial charge >= 0.3 is 0 Å². The van der Waals surface area contributed by atoms with Crippen LogP contribution >= 0.6 is 0 Å². The normalized spacial score (nSPS) is 12.1. The third kappa shape index (κ3) is 1.75. The van der Waals surface area contributed by atoms with Gasteiger partial charge < -0.3 is 0 Å². The number of benzene rings is 1. The highest BCUT2D eigenvalue weighted by molar-refractivity contribution is 7.90. The molecule has 0 aliphatic rings. The van der Waals surface area contributed by atoms with E-state index >= 15 is 0 Å².